The minimum absolute atomic E-state index is 0.00518. The number of hydrogen-bond acceptors (Lipinski definition) is 5. The molecule has 1 rings (SSSR count). The van der Waals surface area contributed by atoms with Crippen molar-refractivity contribution in [3.8, 4) is 5.88 Å². The first-order valence-electron chi connectivity index (χ1n) is 5.80. The number of halogens is 3. The van der Waals surface area contributed by atoms with E-state index in [9.17, 15) is 13.2 Å². The van der Waals surface area contributed by atoms with Crippen molar-refractivity contribution in [1.29, 1.82) is 0 Å². The van der Waals surface area contributed by atoms with Gasteiger partial charge in [-0.25, -0.2) is 4.98 Å². The number of alkyl halides is 3. The minimum atomic E-state index is -4.67. The number of nitrogens with one attached hydrogen (secondary N) is 1. The first-order chi connectivity index (χ1) is 8.82. The van der Waals surface area contributed by atoms with Crippen LogP contribution in [0.3, 0.4) is 0 Å². The van der Waals surface area contributed by atoms with Crippen LogP contribution in [-0.2, 0) is 0 Å². The molecule has 0 saturated carbocycles. The van der Waals surface area contributed by atoms with Gasteiger partial charge in [-0.05, 0) is 13.3 Å². The van der Waals surface area contributed by atoms with Gasteiger partial charge in [-0.15, -0.1) is 0 Å². The SMILES string of the molecule is CCCOc1cc(C)nc(NCC(O)C(F)(F)F)n1. The van der Waals surface area contributed by atoms with Crippen LogP contribution >= 0.6 is 0 Å². The number of aliphatic hydroxyl groups is 1. The van der Waals surface area contributed by atoms with Gasteiger partial charge in [-0.2, -0.15) is 18.2 Å². The molecule has 2 N–H and O–H groups in total. The van der Waals surface area contributed by atoms with Crippen molar-refractivity contribution in [3.63, 3.8) is 0 Å². The molecule has 5 nitrogen and oxygen atoms in total. The maximum absolute atomic E-state index is 12.1. The Bertz CT molecular complexity index is 413. The van der Waals surface area contributed by atoms with E-state index in [0.717, 1.165) is 6.42 Å². The van der Waals surface area contributed by atoms with Crippen LogP contribution in [0.25, 0.3) is 0 Å². The molecule has 0 radical (unpaired) electrons. The summed E-state index contributed by atoms with van der Waals surface area (Å²) < 4.78 is 41.6. The van der Waals surface area contributed by atoms with Crippen molar-refractivity contribution in [3.05, 3.63) is 11.8 Å². The van der Waals surface area contributed by atoms with Crippen LogP contribution in [0.4, 0.5) is 19.1 Å². The van der Waals surface area contributed by atoms with E-state index in [0.29, 0.717) is 18.2 Å². The van der Waals surface area contributed by atoms with E-state index in [2.05, 4.69) is 15.3 Å². The van der Waals surface area contributed by atoms with Gasteiger partial charge in [-0.3, -0.25) is 0 Å². The second-order valence-electron chi connectivity index (χ2n) is 3.96. The number of aliphatic hydroxyl groups excluding tert-OH is 1. The van der Waals surface area contributed by atoms with Gasteiger partial charge in [0.05, 0.1) is 13.2 Å². The van der Waals surface area contributed by atoms with E-state index < -0.39 is 18.8 Å². The van der Waals surface area contributed by atoms with E-state index in [1.165, 1.54) is 0 Å². The van der Waals surface area contributed by atoms with Crippen LogP contribution in [-0.4, -0.2) is 40.5 Å². The first-order valence-corrected chi connectivity index (χ1v) is 5.80. The highest BCUT2D eigenvalue weighted by molar-refractivity contribution is 5.30. The molecule has 1 atom stereocenters. The molecule has 108 valence electrons. The van der Waals surface area contributed by atoms with E-state index in [4.69, 9.17) is 9.84 Å². The summed E-state index contributed by atoms with van der Waals surface area (Å²) in [5, 5.41) is 11.2. The topological polar surface area (TPSA) is 67.3 Å². The number of hydrogen-bond donors (Lipinski definition) is 2. The van der Waals surface area contributed by atoms with Crippen molar-refractivity contribution in [2.75, 3.05) is 18.5 Å². The highest BCUT2D eigenvalue weighted by atomic mass is 19.4. The molecular weight excluding hydrogens is 263 g/mol. The Balaban J connectivity index is 2.65. The lowest BCUT2D eigenvalue weighted by Crippen LogP contribution is -2.35. The fourth-order valence-electron chi connectivity index (χ4n) is 1.20. The number of anilines is 1. The Morgan fingerprint density at radius 3 is 2.68 bits per heavy atom. The highest BCUT2D eigenvalue weighted by Gasteiger charge is 2.37. The third kappa shape index (κ3) is 5.29. The Morgan fingerprint density at radius 2 is 2.11 bits per heavy atom. The largest absolute Gasteiger partial charge is 0.478 e. The summed E-state index contributed by atoms with van der Waals surface area (Å²) >= 11 is 0. The Kier molecular flexibility index (Phi) is 5.34. The predicted octanol–water partition coefficient (Wildman–Crippen LogP) is 1.91. The fraction of sp³-hybridized carbons (Fsp3) is 0.636. The van der Waals surface area contributed by atoms with E-state index in [1.807, 2.05) is 6.92 Å². The lowest BCUT2D eigenvalue weighted by Gasteiger charge is -2.15. The lowest BCUT2D eigenvalue weighted by atomic mass is 10.3. The number of aromatic nitrogens is 2. The highest BCUT2D eigenvalue weighted by Crippen LogP contribution is 2.20. The maximum atomic E-state index is 12.1. The quantitative estimate of drug-likeness (QED) is 0.832. The zero-order valence-electron chi connectivity index (χ0n) is 10.7. The van der Waals surface area contributed by atoms with Crippen LogP contribution in [0.15, 0.2) is 6.07 Å². The molecule has 0 bridgehead atoms. The molecule has 0 aromatic carbocycles. The molecule has 0 aliphatic carbocycles. The number of rotatable bonds is 6. The second-order valence-corrected chi connectivity index (χ2v) is 3.96. The molecule has 0 fully saturated rings. The summed E-state index contributed by atoms with van der Waals surface area (Å²) in [7, 11) is 0. The average molecular weight is 279 g/mol. The van der Waals surface area contributed by atoms with Crippen LogP contribution in [0.5, 0.6) is 5.88 Å². The molecule has 0 saturated heterocycles. The predicted molar refractivity (Wildman–Crippen MR) is 63.1 cm³/mol. The third-order valence-electron chi connectivity index (χ3n) is 2.12. The second kappa shape index (κ2) is 6.55. The number of nitrogens with zero attached hydrogens (tertiary/aromatic N) is 2. The molecule has 1 aromatic heterocycles. The molecule has 19 heavy (non-hydrogen) atoms. The van der Waals surface area contributed by atoms with Gasteiger partial charge in [0.2, 0.25) is 11.8 Å². The van der Waals surface area contributed by atoms with Crippen LogP contribution in [0.2, 0.25) is 0 Å². The molecule has 1 unspecified atom stereocenters. The summed E-state index contributed by atoms with van der Waals surface area (Å²) in [5.74, 6) is 0.285. The van der Waals surface area contributed by atoms with Gasteiger partial charge >= 0.3 is 6.18 Å². The van der Waals surface area contributed by atoms with E-state index >= 15 is 0 Å². The van der Waals surface area contributed by atoms with Gasteiger partial charge in [0.15, 0.2) is 6.10 Å². The Morgan fingerprint density at radius 1 is 1.42 bits per heavy atom. The zero-order valence-corrected chi connectivity index (χ0v) is 10.7. The van der Waals surface area contributed by atoms with Crippen LogP contribution in [0.1, 0.15) is 19.0 Å². The Labute approximate surface area is 108 Å². The van der Waals surface area contributed by atoms with Gasteiger partial charge in [0, 0.05) is 11.8 Å². The standard InChI is InChI=1S/C11H16F3N3O2/c1-3-4-19-9-5-7(2)16-10(17-9)15-6-8(18)11(12,13)14/h5,8,18H,3-4,6H2,1-2H3,(H,15,16,17). The van der Waals surface area contributed by atoms with Crippen LogP contribution in [0, 0.1) is 6.92 Å². The van der Waals surface area contributed by atoms with Gasteiger partial charge < -0.3 is 15.2 Å². The molecule has 8 heteroatoms. The Hall–Kier alpha value is -1.57. The summed E-state index contributed by atoms with van der Waals surface area (Å²) in [4.78, 5) is 7.82. The minimum Gasteiger partial charge on any atom is -0.478 e. The van der Waals surface area contributed by atoms with E-state index in [1.54, 1.807) is 13.0 Å². The fourth-order valence-corrected chi connectivity index (χ4v) is 1.20. The zero-order chi connectivity index (χ0) is 14.5. The first kappa shape index (κ1) is 15.5. The van der Waals surface area contributed by atoms with Gasteiger partial charge in [-0.1, -0.05) is 6.92 Å². The lowest BCUT2D eigenvalue weighted by molar-refractivity contribution is -0.198. The number of ether oxygens (including phenoxy) is 1. The summed E-state index contributed by atoms with van der Waals surface area (Å²) in [5.41, 5.74) is 0.560. The molecule has 0 spiro atoms. The van der Waals surface area contributed by atoms with Crippen molar-refractivity contribution >= 4 is 5.95 Å². The molecule has 0 amide bonds. The maximum Gasteiger partial charge on any atom is 0.416 e. The van der Waals surface area contributed by atoms with Crippen molar-refractivity contribution in [1.82, 2.24) is 9.97 Å². The monoisotopic (exact) mass is 279 g/mol. The third-order valence-corrected chi connectivity index (χ3v) is 2.12. The van der Waals surface area contributed by atoms with Gasteiger partial charge in [0.1, 0.15) is 0 Å². The summed E-state index contributed by atoms with van der Waals surface area (Å²) in [6, 6.07) is 1.58. The normalized spacial score (nSPS) is 13.2. The molecule has 0 aliphatic rings. The molecule has 1 heterocycles. The molecule has 1 aromatic rings. The summed E-state index contributed by atoms with van der Waals surface area (Å²) in [6.45, 7) is 3.35. The summed E-state index contributed by atoms with van der Waals surface area (Å²) in [6.07, 6.45) is -6.34. The average Bonchev–Trinajstić information content (AvgIpc) is 2.31. The van der Waals surface area contributed by atoms with Gasteiger partial charge in [0.25, 0.3) is 0 Å². The van der Waals surface area contributed by atoms with E-state index in [-0.39, 0.29) is 5.95 Å². The van der Waals surface area contributed by atoms with Crippen molar-refractivity contribution in [2.45, 2.75) is 32.5 Å². The molecular formula is C11H16F3N3O2. The van der Waals surface area contributed by atoms with Crippen LogP contribution < -0.4 is 10.1 Å². The smallest absolute Gasteiger partial charge is 0.416 e. The number of aryl methyl sites for hydroxylation is 1. The van der Waals surface area contributed by atoms with Crippen molar-refractivity contribution in [2.24, 2.45) is 0 Å². The molecule has 0 aliphatic heterocycles. The van der Waals surface area contributed by atoms with Crippen molar-refractivity contribution < 1.29 is 23.0 Å².